The second-order valence-electron chi connectivity index (χ2n) is 5.08. The van der Waals surface area contributed by atoms with Crippen molar-refractivity contribution in [3.63, 3.8) is 0 Å². The molecule has 0 saturated heterocycles. The summed E-state index contributed by atoms with van der Waals surface area (Å²) in [6, 6.07) is 0. The van der Waals surface area contributed by atoms with Crippen molar-refractivity contribution >= 4 is 0 Å². The summed E-state index contributed by atoms with van der Waals surface area (Å²) in [4.78, 5) is 0. The summed E-state index contributed by atoms with van der Waals surface area (Å²) in [7, 11) is 0. The summed E-state index contributed by atoms with van der Waals surface area (Å²) < 4.78 is 0. The van der Waals surface area contributed by atoms with Gasteiger partial charge in [0.25, 0.3) is 0 Å². The summed E-state index contributed by atoms with van der Waals surface area (Å²) in [5.41, 5.74) is 5.41. The number of hydrogen-bond donors (Lipinski definition) is 2. The van der Waals surface area contributed by atoms with E-state index in [9.17, 15) is 5.11 Å². The fraction of sp³-hybridized carbons (Fsp3) is 1.00. The lowest BCUT2D eigenvalue weighted by atomic mass is 9.82. The standard InChI is InChI=1S/C11H23NO/c1-11(2,12)10(13)8-9-6-4-3-5-7-9/h9-10,13H,3-8,12H2,1-2H3. The van der Waals surface area contributed by atoms with Crippen LogP contribution >= 0.6 is 0 Å². The second-order valence-corrected chi connectivity index (χ2v) is 5.08. The average Bonchev–Trinajstić information content (AvgIpc) is 2.04. The fourth-order valence-electron chi connectivity index (χ4n) is 2.04. The maximum Gasteiger partial charge on any atom is 0.0716 e. The zero-order valence-electron chi connectivity index (χ0n) is 8.92. The lowest BCUT2D eigenvalue weighted by molar-refractivity contribution is 0.0711. The van der Waals surface area contributed by atoms with Crippen LogP contribution < -0.4 is 5.73 Å². The van der Waals surface area contributed by atoms with Gasteiger partial charge < -0.3 is 10.8 Å². The van der Waals surface area contributed by atoms with Gasteiger partial charge in [-0.05, 0) is 26.2 Å². The fourth-order valence-corrected chi connectivity index (χ4v) is 2.04. The van der Waals surface area contributed by atoms with E-state index in [1.165, 1.54) is 32.1 Å². The lowest BCUT2D eigenvalue weighted by Gasteiger charge is -2.31. The number of rotatable bonds is 3. The third-order valence-corrected chi connectivity index (χ3v) is 3.14. The van der Waals surface area contributed by atoms with E-state index >= 15 is 0 Å². The normalized spacial score (nSPS) is 23.1. The molecule has 0 aromatic carbocycles. The molecule has 0 heterocycles. The Kier molecular flexibility index (Phi) is 3.74. The summed E-state index contributed by atoms with van der Waals surface area (Å²) in [6.45, 7) is 3.81. The Morgan fingerprint density at radius 1 is 1.31 bits per heavy atom. The van der Waals surface area contributed by atoms with Crippen molar-refractivity contribution < 1.29 is 5.11 Å². The van der Waals surface area contributed by atoms with Gasteiger partial charge in [-0.2, -0.15) is 0 Å². The van der Waals surface area contributed by atoms with Gasteiger partial charge in [0.2, 0.25) is 0 Å². The molecule has 0 aromatic rings. The van der Waals surface area contributed by atoms with Crippen LogP contribution in [0.5, 0.6) is 0 Å². The van der Waals surface area contributed by atoms with Crippen molar-refractivity contribution in [1.29, 1.82) is 0 Å². The van der Waals surface area contributed by atoms with Gasteiger partial charge in [0, 0.05) is 5.54 Å². The monoisotopic (exact) mass is 185 g/mol. The van der Waals surface area contributed by atoms with Gasteiger partial charge in [0.05, 0.1) is 6.10 Å². The van der Waals surface area contributed by atoms with Gasteiger partial charge in [-0.1, -0.05) is 32.1 Å². The number of aliphatic hydroxyl groups is 1. The molecule has 1 unspecified atom stereocenters. The van der Waals surface area contributed by atoms with Crippen molar-refractivity contribution in [2.75, 3.05) is 0 Å². The van der Waals surface area contributed by atoms with E-state index < -0.39 is 5.54 Å². The molecule has 13 heavy (non-hydrogen) atoms. The Balaban J connectivity index is 2.30. The van der Waals surface area contributed by atoms with Crippen LogP contribution in [0.15, 0.2) is 0 Å². The highest BCUT2D eigenvalue weighted by Crippen LogP contribution is 2.29. The van der Waals surface area contributed by atoms with Crippen molar-refractivity contribution in [2.45, 2.75) is 64.0 Å². The Bertz CT molecular complexity index is 145. The van der Waals surface area contributed by atoms with Crippen molar-refractivity contribution in [3.8, 4) is 0 Å². The van der Waals surface area contributed by atoms with E-state index in [-0.39, 0.29) is 6.10 Å². The Morgan fingerprint density at radius 2 is 1.85 bits per heavy atom. The first-order valence-corrected chi connectivity index (χ1v) is 5.47. The highest BCUT2D eigenvalue weighted by molar-refractivity contribution is 4.84. The van der Waals surface area contributed by atoms with Crippen LogP contribution in [-0.2, 0) is 0 Å². The number of nitrogens with two attached hydrogens (primary N) is 1. The highest BCUT2D eigenvalue weighted by Gasteiger charge is 2.26. The maximum absolute atomic E-state index is 9.81. The topological polar surface area (TPSA) is 46.2 Å². The van der Waals surface area contributed by atoms with Gasteiger partial charge >= 0.3 is 0 Å². The largest absolute Gasteiger partial charge is 0.391 e. The van der Waals surface area contributed by atoms with E-state index in [0.717, 1.165) is 6.42 Å². The van der Waals surface area contributed by atoms with Gasteiger partial charge in [0.1, 0.15) is 0 Å². The van der Waals surface area contributed by atoms with Crippen molar-refractivity contribution in [3.05, 3.63) is 0 Å². The molecule has 0 bridgehead atoms. The summed E-state index contributed by atoms with van der Waals surface area (Å²) >= 11 is 0. The smallest absolute Gasteiger partial charge is 0.0716 e. The Morgan fingerprint density at radius 3 is 2.31 bits per heavy atom. The van der Waals surface area contributed by atoms with Gasteiger partial charge in [-0.3, -0.25) is 0 Å². The third kappa shape index (κ3) is 3.65. The van der Waals surface area contributed by atoms with E-state index in [1.54, 1.807) is 0 Å². The number of hydrogen-bond acceptors (Lipinski definition) is 2. The molecule has 1 rings (SSSR count). The van der Waals surface area contributed by atoms with Crippen LogP contribution in [0.2, 0.25) is 0 Å². The third-order valence-electron chi connectivity index (χ3n) is 3.14. The molecule has 2 heteroatoms. The van der Waals surface area contributed by atoms with Crippen LogP contribution in [0.3, 0.4) is 0 Å². The molecule has 3 N–H and O–H groups in total. The highest BCUT2D eigenvalue weighted by atomic mass is 16.3. The predicted octanol–water partition coefficient (Wildman–Crippen LogP) is 2.05. The summed E-state index contributed by atoms with van der Waals surface area (Å²) in [5.74, 6) is 0.714. The minimum absolute atomic E-state index is 0.337. The first kappa shape index (κ1) is 11.0. The van der Waals surface area contributed by atoms with E-state index in [4.69, 9.17) is 5.73 Å². The van der Waals surface area contributed by atoms with Crippen LogP contribution in [0.25, 0.3) is 0 Å². The molecule has 78 valence electrons. The molecule has 0 amide bonds. The van der Waals surface area contributed by atoms with Crippen LogP contribution in [-0.4, -0.2) is 16.7 Å². The first-order chi connectivity index (χ1) is 6.00. The molecular formula is C11H23NO. The molecule has 0 aromatic heterocycles. The van der Waals surface area contributed by atoms with Crippen LogP contribution in [0.1, 0.15) is 52.4 Å². The molecule has 1 saturated carbocycles. The molecule has 1 fully saturated rings. The Labute approximate surface area is 81.5 Å². The summed E-state index contributed by atoms with van der Waals surface area (Å²) in [5, 5.41) is 9.81. The SMILES string of the molecule is CC(C)(N)C(O)CC1CCCCC1. The molecule has 1 aliphatic carbocycles. The van der Waals surface area contributed by atoms with E-state index in [2.05, 4.69) is 0 Å². The molecule has 0 aliphatic heterocycles. The zero-order valence-corrected chi connectivity index (χ0v) is 8.92. The lowest BCUT2D eigenvalue weighted by Crippen LogP contribution is -2.46. The van der Waals surface area contributed by atoms with Crippen LogP contribution in [0, 0.1) is 5.92 Å². The van der Waals surface area contributed by atoms with E-state index in [0.29, 0.717) is 5.92 Å². The average molecular weight is 185 g/mol. The number of aliphatic hydroxyl groups excluding tert-OH is 1. The quantitative estimate of drug-likeness (QED) is 0.707. The second kappa shape index (κ2) is 4.43. The van der Waals surface area contributed by atoms with Gasteiger partial charge in [-0.25, -0.2) is 0 Å². The van der Waals surface area contributed by atoms with Gasteiger partial charge in [0.15, 0.2) is 0 Å². The van der Waals surface area contributed by atoms with Crippen molar-refractivity contribution in [1.82, 2.24) is 0 Å². The molecule has 1 atom stereocenters. The molecule has 1 aliphatic rings. The van der Waals surface area contributed by atoms with Crippen molar-refractivity contribution in [2.24, 2.45) is 11.7 Å². The maximum atomic E-state index is 9.81. The Hall–Kier alpha value is -0.0800. The van der Waals surface area contributed by atoms with Gasteiger partial charge in [-0.15, -0.1) is 0 Å². The first-order valence-electron chi connectivity index (χ1n) is 5.47. The van der Waals surface area contributed by atoms with E-state index in [1.807, 2.05) is 13.8 Å². The minimum atomic E-state index is -0.433. The molecule has 0 spiro atoms. The molecule has 0 radical (unpaired) electrons. The predicted molar refractivity (Wildman–Crippen MR) is 55.5 cm³/mol. The summed E-state index contributed by atoms with van der Waals surface area (Å²) in [6.07, 6.45) is 7.17. The minimum Gasteiger partial charge on any atom is -0.391 e. The van der Waals surface area contributed by atoms with Crippen LogP contribution in [0.4, 0.5) is 0 Å². The molecule has 2 nitrogen and oxygen atoms in total. The molecular weight excluding hydrogens is 162 g/mol. The zero-order chi connectivity index (χ0) is 9.90.